The number of nitrogens with zero attached hydrogens (tertiary/aromatic N) is 1. The maximum absolute atomic E-state index is 14.1. The van der Waals surface area contributed by atoms with Crippen molar-refractivity contribution in [1.82, 2.24) is 14.9 Å². The van der Waals surface area contributed by atoms with Gasteiger partial charge in [-0.3, -0.25) is 4.79 Å². The van der Waals surface area contributed by atoms with Crippen LogP contribution in [0.4, 0.5) is 10.5 Å². The largest absolute Gasteiger partial charge is 0.440 e. The lowest BCUT2D eigenvalue weighted by molar-refractivity contribution is -0.203. The van der Waals surface area contributed by atoms with Crippen molar-refractivity contribution in [2.45, 2.75) is 88.9 Å². The van der Waals surface area contributed by atoms with Gasteiger partial charge < -0.3 is 35.3 Å². The fourth-order valence-electron chi connectivity index (χ4n) is 7.08. The zero-order valence-corrected chi connectivity index (χ0v) is 32.3. The molecule has 13 heteroatoms. The van der Waals surface area contributed by atoms with Crippen LogP contribution in [0.15, 0.2) is 89.8 Å². The van der Waals surface area contributed by atoms with Crippen molar-refractivity contribution in [3.63, 3.8) is 0 Å². The van der Waals surface area contributed by atoms with Gasteiger partial charge in [-0.2, -0.15) is 4.31 Å². The van der Waals surface area contributed by atoms with E-state index < -0.39 is 45.1 Å². The Bertz CT molecular complexity index is 1800. The molecule has 0 spiro atoms. The van der Waals surface area contributed by atoms with Crippen LogP contribution in [-0.2, 0) is 35.4 Å². The van der Waals surface area contributed by atoms with Crippen molar-refractivity contribution >= 4 is 27.7 Å². The summed E-state index contributed by atoms with van der Waals surface area (Å²) in [5.41, 5.74) is 0.757. The molecule has 2 heterocycles. The quantitative estimate of drug-likeness (QED) is 0.154. The number of fused-ring (bicyclic) bond motifs is 1. The van der Waals surface area contributed by atoms with Crippen molar-refractivity contribution in [3.05, 3.63) is 96.1 Å². The first-order valence-electron chi connectivity index (χ1n) is 18.2. The number of rotatable bonds is 16. The molecule has 4 N–H and O–H groups in total. The summed E-state index contributed by atoms with van der Waals surface area (Å²) in [6, 6.07) is 24.2. The molecule has 0 radical (unpaired) electrons. The molecule has 0 bridgehead atoms. The highest BCUT2D eigenvalue weighted by molar-refractivity contribution is 7.89. The van der Waals surface area contributed by atoms with Crippen LogP contribution in [0, 0.1) is 11.3 Å². The fourth-order valence-corrected chi connectivity index (χ4v) is 8.70. The van der Waals surface area contributed by atoms with Gasteiger partial charge in [-0.15, -0.1) is 0 Å². The van der Waals surface area contributed by atoms with E-state index in [1.807, 2.05) is 102 Å². The van der Waals surface area contributed by atoms with Crippen LogP contribution in [-0.4, -0.2) is 86.2 Å². The molecule has 0 aromatic heterocycles. The summed E-state index contributed by atoms with van der Waals surface area (Å²) in [5, 5.41) is 20.6. The SMILES string of the molecule is CC(C)CN(C[C@@H](O)[C@H](Cc1ccccc1)NC(=O)O[C@@]1(C)CO[C@@]2(C)OCC[C@]21C)S(=O)(=O)c1ccc(NC(=O)CN[C@H](C)c2ccccc2)cc1. The van der Waals surface area contributed by atoms with E-state index in [0.29, 0.717) is 18.7 Å². The maximum atomic E-state index is 14.1. The molecule has 288 valence electrons. The first kappa shape index (κ1) is 40.3. The average Bonchev–Trinajstić information content (AvgIpc) is 3.53. The number of sulfonamides is 1. The number of anilines is 1. The summed E-state index contributed by atoms with van der Waals surface area (Å²) >= 11 is 0. The second kappa shape index (κ2) is 16.7. The van der Waals surface area contributed by atoms with E-state index in [0.717, 1.165) is 11.1 Å². The van der Waals surface area contributed by atoms with Gasteiger partial charge in [-0.1, -0.05) is 81.4 Å². The molecule has 3 aromatic rings. The van der Waals surface area contributed by atoms with Crippen LogP contribution in [0.5, 0.6) is 0 Å². The minimum atomic E-state index is -4.10. The highest BCUT2D eigenvalue weighted by atomic mass is 32.2. The normalized spacial score (nSPS) is 24.4. The van der Waals surface area contributed by atoms with Gasteiger partial charge in [0.1, 0.15) is 5.60 Å². The van der Waals surface area contributed by atoms with Crippen molar-refractivity contribution < 1.29 is 37.3 Å². The van der Waals surface area contributed by atoms with E-state index in [1.165, 1.54) is 16.4 Å². The molecule has 0 aliphatic carbocycles. The monoisotopic (exact) mass is 750 g/mol. The first-order chi connectivity index (χ1) is 25.0. The molecule has 0 unspecified atom stereocenters. The van der Waals surface area contributed by atoms with Crippen molar-refractivity contribution in [2.75, 3.05) is 38.2 Å². The smallest absolute Gasteiger partial charge is 0.408 e. The number of aliphatic hydroxyl groups is 1. The van der Waals surface area contributed by atoms with Gasteiger partial charge in [-0.25, -0.2) is 13.2 Å². The number of benzene rings is 3. The van der Waals surface area contributed by atoms with Crippen LogP contribution in [0.1, 0.15) is 65.1 Å². The topological polar surface area (TPSA) is 156 Å². The fraction of sp³-hybridized carbons (Fsp3) is 0.500. The van der Waals surface area contributed by atoms with Crippen LogP contribution < -0.4 is 16.0 Å². The number of aliphatic hydroxyl groups excluding tert-OH is 1. The summed E-state index contributed by atoms with van der Waals surface area (Å²) in [6.07, 6.45) is -1.17. The van der Waals surface area contributed by atoms with Gasteiger partial charge in [-0.05, 0) is 74.9 Å². The number of amides is 2. The van der Waals surface area contributed by atoms with Crippen LogP contribution >= 0.6 is 0 Å². The Morgan fingerprint density at radius 3 is 2.19 bits per heavy atom. The third-order valence-corrected chi connectivity index (χ3v) is 12.6. The summed E-state index contributed by atoms with van der Waals surface area (Å²) in [6.45, 7) is 12.0. The molecule has 5 rings (SSSR count). The van der Waals surface area contributed by atoms with Crippen molar-refractivity contribution in [2.24, 2.45) is 11.3 Å². The lowest BCUT2D eigenvalue weighted by Gasteiger charge is -2.40. The Kier molecular flexibility index (Phi) is 12.7. The molecular weight excluding hydrogens is 697 g/mol. The van der Waals surface area contributed by atoms with E-state index in [9.17, 15) is 23.1 Å². The number of carbonyl (C=O) groups excluding carboxylic acids is 2. The molecule has 53 heavy (non-hydrogen) atoms. The lowest BCUT2D eigenvalue weighted by atomic mass is 9.70. The number of hydrogen-bond donors (Lipinski definition) is 4. The van der Waals surface area contributed by atoms with Gasteiger partial charge in [0.05, 0.1) is 42.2 Å². The van der Waals surface area contributed by atoms with Crippen LogP contribution in [0.3, 0.4) is 0 Å². The highest BCUT2D eigenvalue weighted by Crippen LogP contribution is 2.57. The Hall–Kier alpha value is -3.85. The molecule has 12 nitrogen and oxygen atoms in total. The summed E-state index contributed by atoms with van der Waals surface area (Å²) in [5.74, 6) is -1.23. The first-order valence-corrected chi connectivity index (χ1v) is 19.7. The minimum Gasteiger partial charge on any atom is -0.440 e. The second-order valence-corrected chi connectivity index (χ2v) is 17.0. The van der Waals surface area contributed by atoms with Crippen LogP contribution in [0.25, 0.3) is 0 Å². The van der Waals surface area contributed by atoms with E-state index in [4.69, 9.17) is 14.2 Å². The highest BCUT2D eigenvalue weighted by Gasteiger charge is 2.68. The zero-order chi connectivity index (χ0) is 38.4. The van der Waals surface area contributed by atoms with E-state index in [-0.39, 0.29) is 55.4 Å². The standard InChI is InChI=1S/C40H54N4O8S/c1-28(2)25-44(53(48,49)33-19-17-32(18-20-33)42-36(46)24-41-29(3)31-15-11-8-12-16-31)26-35(45)34(23-30-13-9-7-10-14-30)43-37(47)52-39(5)27-51-40(6)38(39,4)21-22-50-40/h7-20,28-29,34-35,41,45H,21-27H2,1-6H3,(H,42,46)(H,43,47)/t29-,34+,35-,38+,39+,40-/m1/s1. The summed E-state index contributed by atoms with van der Waals surface area (Å²) in [7, 11) is -4.10. The molecule has 0 saturated carbocycles. The Morgan fingerprint density at radius 2 is 1.55 bits per heavy atom. The van der Waals surface area contributed by atoms with Crippen LogP contribution in [0.2, 0.25) is 0 Å². The zero-order valence-electron chi connectivity index (χ0n) is 31.5. The Labute approximate surface area is 313 Å². The Balaban J connectivity index is 1.27. The number of nitrogens with one attached hydrogen (secondary N) is 3. The maximum Gasteiger partial charge on any atom is 0.408 e. The third kappa shape index (κ3) is 9.28. The minimum absolute atomic E-state index is 0.00962. The molecular formula is C40H54N4O8S. The average molecular weight is 751 g/mol. The summed E-state index contributed by atoms with van der Waals surface area (Å²) in [4.78, 5) is 26.2. The third-order valence-electron chi connectivity index (χ3n) is 10.8. The van der Waals surface area contributed by atoms with Gasteiger partial charge in [0.25, 0.3) is 0 Å². The van der Waals surface area contributed by atoms with Gasteiger partial charge >= 0.3 is 6.09 Å². The summed E-state index contributed by atoms with van der Waals surface area (Å²) < 4.78 is 47.3. The predicted molar refractivity (Wildman–Crippen MR) is 203 cm³/mol. The van der Waals surface area contributed by atoms with E-state index >= 15 is 0 Å². The number of carbonyl (C=O) groups is 2. The second-order valence-electron chi connectivity index (χ2n) is 15.1. The molecule has 2 fully saturated rings. The molecule has 2 amide bonds. The molecule has 2 aliphatic rings. The molecule has 2 aliphatic heterocycles. The molecule has 6 atom stereocenters. The van der Waals surface area contributed by atoms with Gasteiger partial charge in [0.2, 0.25) is 15.9 Å². The predicted octanol–water partition coefficient (Wildman–Crippen LogP) is 5.25. The van der Waals surface area contributed by atoms with E-state index in [1.54, 1.807) is 12.1 Å². The van der Waals surface area contributed by atoms with Crippen molar-refractivity contribution in [3.8, 4) is 0 Å². The number of alkyl carbamates (subject to hydrolysis) is 1. The Morgan fingerprint density at radius 1 is 0.906 bits per heavy atom. The molecule has 2 saturated heterocycles. The lowest BCUT2D eigenvalue weighted by Crippen LogP contribution is -2.55. The number of ether oxygens (including phenoxy) is 3. The van der Waals surface area contributed by atoms with Gasteiger partial charge in [0.15, 0.2) is 5.79 Å². The molecule has 3 aromatic carbocycles. The van der Waals surface area contributed by atoms with Gasteiger partial charge in [0, 0.05) is 24.8 Å². The van der Waals surface area contributed by atoms with E-state index in [2.05, 4.69) is 16.0 Å². The van der Waals surface area contributed by atoms with Crippen molar-refractivity contribution in [1.29, 1.82) is 0 Å². The number of hydrogen-bond acceptors (Lipinski definition) is 9.